The summed E-state index contributed by atoms with van der Waals surface area (Å²) in [6.45, 7) is 1.83. The van der Waals surface area contributed by atoms with Gasteiger partial charge in [0.25, 0.3) is 5.91 Å². The van der Waals surface area contributed by atoms with E-state index in [1.165, 1.54) is 19.5 Å². The van der Waals surface area contributed by atoms with Crippen molar-refractivity contribution in [3.8, 4) is 11.8 Å². The van der Waals surface area contributed by atoms with Gasteiger partial charge >= 0.3 is 0 Å². The number of ether oxygens (including phenoxy) is 1. The number of anilines is 3. The largest absolute Gasteiger partial charge is 0.495 e. The molecule has 7 nitrogen and oxygen atoms in total. The van der Waals surface area contributed by atoms with Gasteiger partial charge in [-0.3, -0.25) is 4.79 Å². The van der Waals surface area contributed by atoms with Crippen LogP contribution in [0.3, 0.4) is 0 Å². The van der Waals surface area contributed by atoms with Gasteiger partial charge < -0.3 is 15.4 Å². The molecule has 28 heavy (non-hydrogen) atoms. The molecular formula is C20H16ClN5O2. The molecule has 2 N–H and O–H groups in total. The zero-order chi connectivity index (χ0) is 20.1. The summed E-state index contributed by atoms with van der Waals surface area (Å²) in [7, 11) is 1.50. The van der Waals surface area contributed by atoms with Gasteiger partial charge in [-0.25, -0.2) is 9.97 Å². The number of amides is 1. The van der Waals surface area contributed by atoms with Crippen molar-refractivity contribution in [3.63, 3.8) is 0 Å². The van der Waals surface area contributed by atoms with Gasteiger partial charge in [0, 0.05) is 16.8 Å². The van der Waals surface area contributed by atoms with E-state index in [0.717, 1.165) is 5.56 Å². The molecule has 1 aromatic heterocycles. The van der Waals surface area contributed by atoms with Crippen LogP contribution >= 0.6 is 11.6 Å². The van der Waals surface area contributed by atoms with Crippen molar-refractivity contribution in [2.75, 3.05) is 17.7 Å². The first-order valence-corrected chi connectivity index (χ1v) is 8.62. The highest BCUT2D eigenvalue weighted by atomic mass is 35.5. The van der Waals surface area contributed by atoms with Crippen molar-refractivity contribution in [1.82, 2.24) is 9.97 Å². The van der Waals surface area contributed by atoms with Crippen molar-refractivity contribution >= 4 is 34.7 Å². The summed E-state index contributed by atoms with van der Waals surface area (Å²) >= 11 is 6.08. The normalized spacial score (nSPS) is 10.1. The number of halogens is 1. The third kappa shape index (κ3) is 4.37. The molecule has 0 spiro atoms. The summed E-state index contributed by atoms with van der Waals surface area (Å²) in [5.41, 5.74) is 2.67. The second kappa shape index (κ2) is 8.37. The van der Waals surface area contributed by atoms with Crippen molar-refractivity contribution in [1.29, 1.82) is 5.26 Å². The minimum atomic E-state index is -0.425. The van der Waals surface area contributed by atoms with Crippen LogP contribution < -0.4 is 15.4 Å². The number of carbonyl (C=O) groups is 1. The summed E-state index contributed by atoms with van der Waals surface area (Å²) in [6, 6.07) is 12.4. The molecule has 0 aliphatic heterocycles. The van der Waals surface area contributed by atoms with E-state index in [4.69, 9.17) is 21.6 Å². The number of aromatic nitrogens is 2. The first kappa shape index (κ1) is 19.1. The van der Waals surface area contributed by atoms with Crippen LogP contribution in [0.25, 0.3) is 0 Å². The smallest absolute Gasteiger partial charge is 0.275 e. The molecule has 0 radical (unpaired) electrons. The Labute approximate surface area is 167 Å². The molecule has 3 aromatic rings. The highest BCUT2D eigenvalue weighted by Gasteiger charge is 2.13. The van der Waals surface area contributed by atoms with Crippen LogP contribution in [0.4, 0.5) is 17.2 Å². The van der Waals surface area contributed by atoms with Gasteiger partial charge in [-0.15, -0.1) is 0 Å². The molecule has 0 atom stereocenters. The van der Waals surface area contributed by atoms with E-state index < -0.39 is 5.91 Å². The van der Waals surface area contributed by atoms with E-state index in [1.807, 2.05) is 6.92 Å². The topological polar surface area (TPSA) is 99.9 Å². The Morgan fingerprint density at radius 1 is 1.21 bits per heavy atom. The molecule has 0 saturated heterocycles. The molecular weight excluding hydrogens is 378 g/mol. The van der Waals surface area contributed by atoms with E-state index in [-0.39, 0.29) is 5.69 Å². The standard InChI is InChI=1S/C20H16ClN5O2/c1-12-6-16(18(28-2)8-15(12)21)26-20(27)17-10-24-19(11-23-17)25-14-5-3-4-13(7-14)9-22/h3-8,10-11H,1-2H3,(H,24,25)(H,26,27). The first-order chi connectivity index (χ1) is 13.5. The van der Waals surface area contributed by atoms with Gasteiger partial charge in [0.2, 0.25) is 0 Å². The van der Waals surface area contributed by atoms with Crippen LogP contribution in [0.1, 0.15) is 21.6 Å². The van der Waals surface area contributed by atoms with Gasteiger partial charge in [-0.05, 0) is 36.8 Å². The van der Waals surface area contributed by atoms with Crippen LogP contribution in [0, 0.1) is 18.3 Å². The zero-order valence-corrected chi connectivity index (χ0v) is 15.9. The van der Waals surface area contributed by atoms with Crippen LogP contribution in [0.5, 0.6) is 5.75 Å². The maximum atomic E-state index is 12.5. The van der Waals surface area contributed by atoms with Gasteiger partial charge in [0.15, 0.2) is 0 Å². The predicted molar refractivity (Wildman–Crippen MR) is 107 cm³/mol. The molecule has 0 bridgehead atoms. The Morgan fingerprint density at radius 2 is 2.04 bits per heavy atom. The Bertz CT molecular complexity index is 1060. The number of nitriles is 1. The average molecular weight is 394 g/mol. The van der Waals surface area contributed by atoms with Gasteiger partial charge in [0.1, 0.15) is 17.3 Å². The first-order valence-electron chi connectivity index (χ1n) is 8.25. The van der Waals surface area contributed by atoms with E-state index in [1.54, 1.807) is 36.4 Å². The fourth-order valence-corrected chi connectivity index (χ4v) is 2.59. The molecule has 140 valence electrons. The molecule has 0 saturated carbocycles. The molecule has 3 rings (SSSR count). The molecule has 2 aromatic carbocycles. The Kier molecular flexibility index (Phi) is 5.72. The van der Waals surface area contributed by atoms with E-state index >= 15 is 0 Å². The molecule has 1 amide bonds. The van der Waals surface area contributed by atoms with Crippen molar-refractivity contribution in [3.05, 3.63) is 70.6 Å². The third-order valence-electron chi connectivity index (χ3n) is 3.88. The second-order valence-corrected chi connectivity index (χ2v) is 6.27. The summed E-state index contributed by atoms with van der Waals surface area (Å²) in [6.07, 6.45) is 2.80. The van der Waals surface area contributed by atoms with Crippen LogP contribution in [0.15, 0.2) is 48.8 Å². The van der Waals surface area contributed by atoms with Gasteiger partial charge in [-0.1, -0.05) is 17.7 Å². The van der Waals surface area contributed by atoms with Gasteiger partial charge in [-0.2, -0.15) is 5.26 Å². The quantitative estimate of drug-likeness (QED) is 0.669. The third-order valence-corrected chi connectivity index (χ3v) is 4.28. The lowest BCUT2D eigenvalue weighted by molar-refractivity contribution is 0.102. The van der Waals surface area contributed by atoms with E-state index in [0.29, 0.717) is 33.5 Å². The minimum Gasteiger partial charge on any atom is -0.495 e. The van der Waals surface area contributed by atoms with E-state index in [2.05, 4.69) is 26.7 Å². The Balaban J connectivity index is 1.74. The summed E-state index contributed by atoms with van der Waals surface area (Å²) in [5, 5.41) is 15.3. The highest BCUT2D eigenvalue weighted by Crippen LogP contribution is 2.31. The van der Waals surface area contributed by atoms with Crippen molar-refractivity contribution < 1.29 is 9.53 Å². The summed E-state index contributed by atoms with van der Waals surface area (Å²) < 4.78 is 5.25. The molecule has 0 unspecified atom stereocenters. The van der Waals surface area contributed by atoms with E-state index in [9.17, 15) is 4.79 Å². The number of aryl methyl sites for hydroxylation is 1. The number of benzene rings is 2. The number of carbonyl (C=O) groups excluding carboxylic acids is 1. The van der Waals surface area contributed by atoms with Crippen LogP contribution in [-0.2, 0) is 0 Å². The number of nitrogens with one attached hydrogen (secondary N) is 2. The molecule has 0 fully saturated rings. The Morgan fingerprint density at radius 3 is 2.71 bits per heavy atom. The van der Waals surface area contributed by atoms with Crippen molar-refractivity contribution in [2.45, 2.75) is 6.92 Å². The number of hydrogen-bond donors (Lipinski definition) is 2. The maximum absolute atomic E-state index is 12.5. The minimum absolute atomic E-state index is 0.144. The maximum Gasteiger partial charge on any atom is 0.275 e. The SMILES string of the molecule is COc1cc(Cl)c(C)cc1NC(=O)c1cnc(Nc2cccc(C#N)c2)cn1. The average Bonchev–Trinajstić information content (AvgIpc) is 2.71. The fourth-order valence-electron chi connectivity index (χ4n) is 2.44. The van der Waals surface area contributed by atoms with Crippen LogP contribution in [-0.4, -0.2) is 23.0 Å². The zero-order valence-electron chi connectivity index (χ0n) is 15.2. The molecule has 1 heterocycles. The second-order valence-electron chi connectivity index (χ2n) is 5.86. The van der Waals surface area contributed by atoms with Crippen LogP contribution in [0.2, 0.25) is 5.02 Å². The Hall–Kier alpha value is -3.63. The lowest BCUT2D eigenvalue weighted by Gasteiger charge is -2.12. The monoisotopic (exact) mass is 393 g/mol. The molecule has 8 heteroatoms. The summed E-state index contributed by atoms with van der Waals surface area (Å²) in [4.78, 5) is 20.8. The highest BCUT2D eigenvalue weighted by molar-refractivity contribution is 6.31. The number of hydrogen-bond acceptors (Lipinski definition) is 6. The molecule has 0 aliphatic rings. The fraction of sp³-hybridized carbons (Fsp3) is 0.100. The van der Waals surface area contributed by atoms with Gasteiger partial charge in [0.05, 0.1) is 36.8 Å². The predicted octanol–water partition coefficient (Wildman–Crippen LogP) is 4.31. The number of methoxy groups -OCH3 is 1. The number of nitrogens with zero attached hydrogens (tertiary/aromatic N) is 3. The molecule has 0 aliphatic carbocycles. The number of rotatable bonds is 5. The summed E-state index contributed by atoms with van der Waals surface area (Å²) in [5.74, 6) is 0.477. The lowest BCUT2D eigenvalue weighted by Crippen LogP contribution is -2.15. The lowest BCUT2D eigenvalue weighted by atomic mass is 10.2. The van der Waals surface area contributed by atoms with Crippen molar-refractivity contribution in [2.24, 2.45) is 0 Å².